The maximum absolute atomic E-state index is 9.97. The van der Waals surface area contributed by atoms with Crippen molar-refractivity contribution in [1.29, 1.82) is 0 Å². The summed E-state index contributed by atoms with van der Waals surface area (Å²) < 4.78 is 0. The van der Waals surface area contributed by atoms with E-state index >= 15 is 0 Å². The summed E-state index contributed by atoms with van der Waals surface area (Å²) in [6.45, 7) is 0. The predicted octanol–water partition coefficient (Wildman–Crippen LogP) is 2.52. The number of hydrogen-bond donors (Lipinski definition) is 3. The molecule has 18 heavy (non-hydrogen) atoms. The molecule has 0 amide bonds. The van der Waals surface area contributed by atoms with Gasteiger partial charge in [-0.05, 0) is 0 Å². The number of aliphatic hydroxyl groups is 2. The van der Waals surface area contributed by atoms with Crippen LogP contribution in [0.15, 0.2) is 21.3 Å². The summed E-state index contributed by atoms with van der Waals surface area (Å²) in [5.41, 5.74) is 5.78. The van der Waals surface area contributed by atoms with Crippen LogP contribution in [0.1, 0.15) is 4.88 Å². The normalized spacial score (nSPS) is 24.3. The van der Waals surface area contributed by atoms with Crippen molar-refractivity contribution in [1.82, 2.24) is 4.98 Å². The molecule has 4 N–H and O–H groups in total. The Morgan fingerprint density at radius 1 is 1.11 bits per heavy atom. The smallest absolute Gasteiger partial charge is 0.180 e. The van der Waals surface area contributed by atoms with Crippen molar-refractivity contribution in [3.8, 4) is 0 Å². The number of hydrogen-bond acceptors (Lipinski definition) is 5. The van der Waals surface area contributed by atoms with Gasteiger partial charge in [-0.25, -0.2) is 4.98 Å². The summed E-state index contributed by atoms with van der Waals surface area (Å²) in [5, 5.41) is 19.9. The van der Waals surface area contributed by atoms with Crippen molar-refractivity contribution in [2.75, 3.05) is 5.73 Å². The molecular weight excluding hydrogens is 342 g/mol. The van der Waals surface area contributed by atoms with Gasteiger partial charge < -0.3 is 15.9 Å². The Balaban J connectivity index is 0.00000162. The van der Waals surface area contributed by atoms with E-state index < -0.39 is 12.2 Å². The molecule has 0 radical (unpaired) electrons. The van der Waals surface area contributed by atoms with Gasteiger partial charge in [-0.15, -0.1) is 12.4 Å². The van der Waals surface area contributed by atoms with Crippen LogP contribution in [0.4, 0.5) is 5.13 Å². The van der Waals surface area contributed by atoms with Crippen LogP contribution in [0.25, 0.3) is 5.57 Å². The summed E-state index contributed by atoms with van der Waals surface area (Å²) in [7, 11) is 0. The topological polar surface area (TPSA) is 79.4 Å². The molecule has 0 saturated carbocycles. The minimum absolute atomic E-state index is 0. The molecule has 1 aliphatic rings. The van der Waals surface area contributed by atoms with E-state index in [4.69, 9.17) is 40.5 Å². The van der Waals surface area contributed by atoms with Crippen molar-refractivity contribution >= 4 is 69.3 Å². The Hall–Kier alpha value is -0.0100. The summed E-state index contributed by atoms with van der Waals surface area (Å²) in [4.78, 5) is 4.39. The fourth-order valence-corrected chi connectivity index (χ4v) is 3.06. The molecule has 0 spiro atoms. The highest BCUT2D eigenvalue weighted by Gasteiger charge is 2.34. The van der Waals surface area contributed by atoms with Gasteiger partial charge in [0.25, 0.3) is 0 Å². The quantitative estimate of drug-likeness (QED) is 0.727. The molecule has 0 aromatic carbocycles. The Morgan fingerprint density at radius 3 is 2.17 bits per heavy atom. The SMILES string of the molecule is Cl.Nc1ncc(C2=C(Cl)C(O)C(Cl)=C(Cl)C2O)s1. The van der Waals surface area contributed by atoms with E-state index in [9.17, 15) is 10.2 Å². The number of nitrogens with two attached hydrogens (primary N) is 1. The van der Waals surface area contributed by atoms with E-state index in [1.165, 1.54) is 6.20 Å². The van der Waals surface area contributed by atoms with Crippen LogP contribution in [-0.2, 0) is 0 Å². The molecule has 1 aromatic heterocycles. The van der Waals surface area contributed by atoms with Crippen molar-refractivity contribution in [3.63, 3.8) is 0 Å². The highest BCUT2D eigenvalue weighted by molar-refractivity contribution is 7.16. The third-order valence-corrected chi connectivity index (χ3v) is 4.46. The van der Waals surface area contributed by atoms with Gasteiger partial charge in [-0.3, -0.25) is 0 Å². The lowest BCUT2D eigenvalue weighted by Gasteiger charge is -2.25. The highest BCUT2D eigenvalue weighted by atomic mass is 35.5. The van der Waals surface area contributed by atoms with Crippen molar-refractivity contribution < 1.29 is 10.2 Å². The number of halogens is 4. The molecule has 100 valence electrons. The fourth-order valence-electron chi connectivity index (χ4n) is 1.44. The van der Waals surface area contributed by atoms with E-state index in [2.05, 4.69) is 4.98 Å². The van der Waals surface area contributed by atoms with E-state index in [1.54, 1.807) is 0 Å². The molecule has 1 heterocycles. The van der Waals surface area contributed by atoms with Crippen LogP contribution >= 0.6 is 58.5 Å². The van der Waals surface area contributed by atoms with Gasteiger partial charge >= 0.3 is 0 Å². The number of thiazole rings is 1. The molecule has 0 aliphatic heterocycles. The molecule has 1 aromatic rings. The van der Waals surface area contributed by atoms with Gasteiger partial charge in [0.05, 0.1) is 20.0 Å². The summed E-state index contributed by atoms with van der Waals surface area (Å²) in [5.74, 6) is 0. The number of rotatable bonds is 1. The number of aliphatic hydroxyl groups excluding tert-OH is 2. The molecule has 1 aliphatic carbocycles. The summed E-state index contributed by atoms with van der Waals surface area (Å²) in [6, 6.07) is 0. The predicted molar refractivity (Wildman–Crippen MR) is 77.3 cm³/mol. The van der Waals surface area contributed by atoms with Gasteiger partial charge in [0.1, 0.15) is 12.2 Å². The summed E-state index contributed by atoms with van der Waals surface area (Å²) in [6.07, 6.45) is -0.954. The molecule has 9 heteroatoms. The Kier molecular flexibility index (Phi) is 5.32. The van der Waals surface area contributed by atoms with Crippen LogP contribution in [0.3, 0.4) is 0 Å². The van der Waals surface area contributed by atoms with E-state index in [0.717, 1.165) is 11.3 Å². The van der Waals surface area contributed by atoms with Crippen molar-refractivity contribution in [2.24, 2.45) is 0 Å². The second kappa shape index (κ2) is 5.96. The van der Waals surface area contributed by atoms with Crippen LogP contribution in [0.2, 0.25) is 0 Å². The molecule has 0 fully saturated rings. The first-order chi connectivity index (χ1) is 7.93. The zero-order valence-electron chi connectivity index (χ0n) is 8.60. The van der Waals surface area contributed by atoms with E-state index in [1.807, 2.05) is 0 Å². The first-order valence-corrected chi connectivity index (χ1v) is 6.41. The standard InChI is InChI=1S/C9H7Cl3N2O2S.ClH/c10-4-3(2-1-14-9(13)17-2)7(15)5(11)6(12)8(4)16;/h1,7-8,15-16H,(H2,13,14);1H. The monoisotopic (exact) mass is 348 g/mol. The Morgan fingerprint density at radius 2 is 1.67 bits per heavy atom. The van der Waals surface area contributed by atoms with Crippen molar-refractivity contribution in [3.05, 3.63) is 26.2 Å². The maximum atomic E-state index is 9.97. The highest BCUT2D eigenvalue weighted by Crippen LogP contribution is 2.42. The molecule has 2 unspecified atom stereocenters. The minimum atomic E-state index is -1.23. The van der Waals surface area contributed by atoms with E-state index in [-0.39, 0.29) is 33.1 Å². The number of nitrogens with zero attached hydrogens (tertiary/aromatic N) is 1. The minimum Gasteiger partial charge on any atom is -0.383 e. The molecular formula is C9H8Cl4N2O2S. The van der Waals surface area contributed by atoms with Gasteiger partial charge in [-0.2, -0.15) is 0 Å². The second-order valence-corrected chi connectivity index (χ2v) is 5.61. The second-order valence-electron chi connectivity index (χ2n) is 3.33. The average Bonchev–Trinajstić information content (AvgIpc) is 2.71. The number of aromatic nitrogens is 1. The lowest BCUT2D eigenvalue weighted by molar-refractivity contribution is 0.236. The van der Waals surface area contributed by atoms with Crippen LogP contribution in [-0.4, -0.2) is 27.4 Å². The largest absolute Gasteiger partial charge is 0.383 e. The molecule has 2 rings (SSSR count). The van der Waals surface area contributed by atoms with Crippen LogP contribution in [0.5, 0.6) is 0 Å². The fraction of sp³-hybridized carbons (Fsp3) is 0.222. The van der Waals surface area contributed by atoms with E-state index in [0.29, 0.717) is 10.0 Å². The van der Waals surface area contributed by atoms with Gasteiger partial charge in [0.15, 0.2) is 5.13 Å². The van der Waals surface area contributed by atoms with Gasteiger partial charge in [0, 0.05) is 11.8 Å². The Labute approximate surface area is 128 Å². The Bertz CT molecular complexity index is 528. The summed E-state index contributed by atoms with van der Waals surface area (Å²) >= 11 is 18.7. The molecule has 0 bridgehead atoms. The van der Waals surface area contributed by atoms with Crippen molar-refractivity contribution in [2.45, 2.75) is 12.2 Å². The van der Waals surface area contributed by atoms with Gasteiger partial charge in [-0.1, -0.05) is 46.1 Å². The van der Waals surface area contributed by atoms with Crippen LogP contribution < -0.4 is 5.73 Å². The molecule has 4 nitrogen and oxygen atoms in total. The number of anilines is 1. The zero-order chi connectivity index (χ0) is 12.7. The molecule has 0 saturated heterocycles. The van der Waals surface area contributed by atoms with Gasteiger partial charge in [0.2, 0.25) is 0 Å². The first kappa shape index (κ1) is 16.0. The maximum Gasteiger partial charge on any atom is 0.180 e. The zero-order valence-corrected chi connectivity index (χ0v) is 12.5. The number of nitrogen functional groups attached to an aromatic ring is 1. The first-order valence-electron chi connectivity index (χ1n) is 4.46. The average molecular weight is 350 g/mol. The third-order valence-electron chi connectivity index (χ3n) is 2.27. The molecule has 2 atom stereocenters. The third kappa shape index (κ3) is 2.63. The van der Waals surface area contributed by atoms with Crippen LogP contribution in [0, 0.1) is 0 Å². The lowest BCUT2D eigenvalue weighted by Crippen LogP contribution is -2.24. The lowest BCUT2D eigenvalue weighted by atomic mass is 9.99.